The molecular weight excluding hydrogens is 390 g/mol. The van der Waals surface area contributed by atoms with Gasteiger partial charge in [-0.1, -0.05) is 61.1 Å². The molecule has 1 aliphatic rings. The van der Waals surface area contributed by atoms with Crippen LogP contribution in [0.5, 0.6) is 0 Å². The summed E-state index contributed by atoms with van der Waals surface area (Å²) in [4.78, 5) is 17.5. The topological polar surface area (TPSA) is 47.8 Å². The van der Waals surface area contributed by atoms with Crippen LogP contribution in [0.15, 0.2) is 60.9 Å². The molecule has 2 aromatic heterocycles. The number of nitrogens with zero attached hydrogens (tertiary/aromatic N) is 3. The van der Waals surface area contributed by atoms with E-state index in [9.17, 15) is 4.79 Å². The van der Waals surface area contributed by atoms with Crippen LogP contribution in [0.2, 0.25) is 0 Å². The molecule has 152 valence electrons. The summed E-state index contributed by atoms with van der Waals surface area (Å²) in [6, 6.07) is 16.9. The number of fused-ring (bicyclic) bond motifs is 2. The standard InChI is InChI=1S/C25H25N3OS/c1-2-17(21-13-11-18-7-3-4-8-20(18)21)12-14-23(29)19-15-26-28(16-19)25-27-22-9-5-6-10-24(22)30-25/h3-10,15-17,21H,2,11-14H2,1H3/t17?,21-/m0/s1. The van der Waals surface area contributed by atoms with Gasteiger partial charge in [0.2, 0.25) is 5.13 Å². The van der Waals surface area contributed by atoms with Crippen molar-refractivity contribution >= 4 is 27.3 Å². The Hall–Kier alpha value is -2.79. The predicted molar refractivity (Wildman–Crippen MR) is 122 cm³/mol. The average Bonchev–Trinajstić information content (AvgIpc) is 3.51. The van der Waals surface area contributed by atoms with Crippen LogP contribution >= 0.6 is 11.3 Å². The Bertz CT molecular complexity index is 1160. The molecule has 0 amide bonds. The maximum Gasteiger partial charge on any atom is 0.211 e. The average molecular weight is 416 g/mol. The number of ketones is 1. The summed E-state index contributed by atoms with van der Waals surface area (Å²) in [7, 11) is 0. The van der Waals surface area contributed by atoms with Gasteiger partial charge in [-0.05, 0) is 54.4 Å². The van der Waals surface area contributed by atoms with Crippen LogP contribution in [0.25, 0.3) is 15.3 Å². The van der Waals surface area contributed by atoms with E-state index in [0.717, 1.165) is 28.2 Å². The number of aromatic nitrogens is 3. The Labute approximate surface area is 180 Å². The largest absolute Gasteiger partial charge is 0.294 e. The third-order valence-corrected chi connectivity index (χ3v) is 7.42. The van der Waals surface area contributed by atoms with E-state index >= 15 is 0 Å². The Morgan fingerprint density at radius 1 is 1.20 bits per heavy atom. The van der Waals surface area contributed by atoms with Crippen LogP contribution in [0, 0.1) is 5.92 Å². The van der Waals surface area contributed by atoms with E-state index in [1.807, 2.05) is 24.4 Å². The molecule has 0 bridgehead atoms. The van der Waals surface area contributed by atoms with Crippen LogP contribution in [0.3, 0.4) is 0 Å². The lowest BCUT2D eigenvalue weighted by Gasteiger charge is -2.23. The third-order valence-electron chi connectivity index (χ3n) is 6.40. The molecule has 0 N–H and O–H groups in total. The summed E-state index contributed by atoms with van der Waals surface area (Å²) in [6.45, 7) is 2.25. The second-order valence-corrected chi connectivity index (χ2v) is 9.12. The van der Waals surface area contributed by atoms with Gasteiger partial charge in [0.05, 0.1) is 22.0 Å². The smallest absolute Gasteiger partial charge is 0.211 e. The van der Waals surface area contributed by atoms with Gasteiger partial charge in [-0.25, -0.2) is 9.67 Å². The number of rotatable bonds is 7. The molecule has 1 unspecified atom stereocenters. The van der Waals surface area contributed by atoms with Gasteiger partial charge >= 0.3 is 0 Å². The van der Waals surface area contributed by atoms with E-state index in [2.05, 4.69) is 47.3 Å². The summed E-state index contributed by atoms with van der Waals surface area (Å²) in [5.41, 5.74) is 4.63. The van der Waals surface area contributed by atoms with Crippen LogP contribution < -0.4 is 0 Å². The lowest BCUT2D eigenvalue weighted by Crippen LogP contribution is -2.12. The van der Waals surface area contributed by atoms with Crippen LogP contribution in [-0.2, 0) is 6.42 Å². The zero-order valence-electron chi connectivity index (χ0n) is 17.1. The Morgan fingerprint density at radius 3 is 2.90 bits per heavy atom. The molecule has 5 rings (SSSR count). The second-order valence-electron chi connectivity index (χ2n) is 8.11. The minimum Gasteiger partial charge on any atom is -0.294 e. The van der Waals surface area contributed by atoms with Crippen molar-refractivity contribution in [1.29, 1.82) is 0 Å². The quantitative estimate of drug-likeness (QED) is 0.338. The lowest BCUT2D eigenvalue weighted by molar-refractivity contribution is 0.0971. The molecule has 0 radical (unpaired) electrons. The first-order chi connectivity index (χ1) is 14.7. The number of para-hydroxylation sites is 1. The molecular formula is C25H25N3OS. The highest BCUT2D eigenvalue weighted by atomic mass is 32.1. The lowest BCUT2D eigenvalue weighted by atomic mass is 9.82. The fourth-order valence-corrected chi connectivity index (χ4v) is 5.66. The third kappa shape index (κ3) is 3.58. The van der Waals surface area contributed by atoms with Crippen molar-refractivity contribution in [1.82, 2.24) is 14.8 Å². The number of thiazole rings is 1. The van der Waals surface area contributed by atoms with E-state index in [-0.39, 0.29) is 5.78 Å². The van der Waals surface area contributed by atoms with E-state index in [4.69, 9.17) is 0 Å². The maximum absolute atomic E-state index is 12.9. The minimum absolute atomic E-state index is 0.173. The van der Waals surface area contributed by atoms with Crippen molar-refractivity contribution in [3.05, 3.63) is 77.6 Å². The highest BCUT2D eigenvalue weighted by molar-refractivity contribution is 7.20. The van der Waals surface area contributed by atoms with Crippen molar-refractivity contribution in [2.24, 2.45) is 5.92 Å². The fourth-order valence-electron chi connectivity index (χ4n) is 4.76. The van der Waals surface area contributed by atoms with Gasteiger partial charge in [0, 0.05) is 12.6 Å². The zero-order valence-corrected chi connectivity index (χ0v) is 17.9. The van der Waals surface area contributed by atoms with E-state index in [1.54, 1.807) is 22.2 Å². The number of hydrogen-bond donors (Lipinski definition) is 0. The number of hydrogen-bond acceptors (Lipinski definition) is 4. The molecule has 1 aliphatic carbocycles. The Morgan fingerprint density at radius 2 is 2.03 bits per heavy atom. The van der Waals surface area contributed by atoms with Crippen LogP contribution in [0.4, 0.5) is 0 Å². The second kappa shape index (κ2) is 8.15. The van der Waals surface area contributed by atoms with Gasteiger partial charge in [0.1, 0.15) is 0 Å². The fraction of sp³-hybridized carbons (Fsp3) is 0.320. The molecule has 0 saturated heterocycles. The first-order valence-electron chi connectivity index (χ1n) is 10.7. The number of carbonyl (C=O) groups is 1. The Balaban J connectivity index is 1.27. The zero-order chi connectivity index (χ0) is 20.5. The number of Topliss-reactive ketones (excluding diaryl/α,β-unsaturated/α-hetero) is 1. The summed E-state index contributed by atoms with van der Waals surface area (Å²) in [5.74, 6) is 1.31. The SMILES string of the molecule is CCC(CCC(=O)c1cnn(-c2nc3ccccc3s2)c1)[C@@H]1CCc2ccccc21. The Kier molecular flexibility index (Phi) is 5.21. The molecule has 4 aromatic rings. The van der Waals surface area contributed by atoms with Gasteiger partial charge < -0.3 is 0 Å². The first-order valence-corrected chi connectivity index (χ1v) is 11.6. The molecule has 5 heteroatoms. The van der Waals surface area contributed by atoms with Gasteiger partial charge in [-0.2, -0.15) is 5.10 Å². The van der Waals surface area contributed by atoms with Gasteiger partial charge in [0.15, 0.2) is 5.78 Å². The van der Waals surface area contributed by atoms with Crippen molar-refractivity contribution in [3.8, 4) is 5.13 Å². The number of aryl methyl sites for hydroxylation is 1. The summed E-state index contributed by atoms with van der Waals surface area (Å²) in [5, 5.41) is 5.20. The predicted octanol–water partition coefficient (Wildman–Crippen LogP) is 6.20. The van der Waals surface area contributed by atoms with Gasteiger partial charge in [-0.15, -0.1) is 0 Å². The van der Waals surface area contributed by atoms with E-state index in [0.29, 0.717) is 23.8 Å². The van der Waals surface area contributed by atoms with Crippen molar-refractivity contribution < 1.29 is 4.79 Å². The van der Waals surface area contributed by atoms with Crippen LogP contribution in [-0.4, -0.2) is 20.5 Å². The summed E-state index contributed by atoms with van der Waals surface area (Å²) in [6.07, 6.45) is 8.49. The van der Waals surface area contributed by atoms with E-state index in [1.165, 1.54) is 24.0 Å². The monoisotopic (exact) mass is 415 g/mol. The molecule has 2 heterocycles. The molecule has 0 aliphatic heterocycles. The summed E-state index contributed by atoms with van der Waals surface area (Å²) >= 11 is 1.59. The number of carbonyl (C=O) groups excluding carboxylic acids is 1. The maximum atomic E-state index is 12.9. The molecule has 0 spiro atoms. The van der Waals surface area contributed by atoms with Crippen molar-refractivity contribution in [2.45, 2.75) is 44.9 Å². The first kappa shape index (κ1) is 19.2. The van der Waals surface area contributed by atoms with Crippen LogP contribution in [0.1, 0.15) is 60.0 Å². The minimum atomic E-state index is 0.173. The normalized spacial score (nSPS) is 16.6. The number of benzene rings is 2. The molecule has 0 fully saturated rings. The molecule has 30 heavy (non-hydrogen) atoms. The highest BCUT2D eigenvalue weighted by Crippen LogP contribution is 2.41. The summed E-state index contributed by atoms with van der Waals surface area (Å²) < 4.78 is 2.85. The molecule has 0 saturated carbocycles. The highest BCUT2D eigenvalue weighted by Gasteiger charge is 2.28. The van der Waals surface area contributed by atoms with Gasteiger partial charge in [-0.3, -0.25) is 4.79 Å². The van der Waals surface area contributed by atoms with Gasteiger partial charge in [0.25, 0.3) is 0 Å². The van der Waals surface area contributed by atoms with Crippen molar-refractivity contribution in [2.75, 3.05) is 0 Å². The molecule has 2 aromatic carbocycles. The molecule has 4 nitrogen and oxygen atoms in total. The molecule has 2 atom stereocenters. The van der Waals surface area contributed by atoms with E-state index < -0.39 is 0 Å². The van der Waals surface area contributed by atoms with Crippen molar-refractivity contribution in [3.63, 3.8) is 0 Å².